The maximum atomic E-state index is 12.5. The largest absolute Gasteiger partial charge is 0.506 e. The van der Waals surface area contributed by atoms with E-state index in [1.807, 2.05) is 12.4 Å². The van der Waals surface area contributed by atoms with Crippen molar-refractivity contribution in [2.24, 2.45) is 11.8 Å². The molecule has 1 aromatic carbocycles. The van der Waals surface area contributed by atoms with Gasteiger partial charge in [-0.3, -0.25) is 4.79 Å². The van der Waals surface area contributed by atoms with Gasteiger partial charge in [0.2, 0.25) is 5.78 Å². The molecule has 1 atom stereocenters. The first-order valence-corrected chi connectivity index (χ1v) is 13.0. The van der Waals surface area contributed by atoms with E-state index in [2.05, 4.69) is 23.8 Å². The molecule has 3 aliphatic rings. The number of ketones is 1. The fourth-order valence-corrected chi connectivity index (χ4v) is 5.39. The lowest BCUT2D eigenvalue weighted by Gasteiger charge is -2.26. The summed E-state index contributed by atoms with van der Waals surface area (Å²) in [7, 11) is 0. The minimum atomic E-state index is -0.252. The van der Waals surface area contributed by atoms with Crippen molar-refractivity contribution in [1.82, 2.24) is 9.97 Å². The van der Waals surface area contributed by atoms with Gasteiger partial charge in [0.05, 0.1) is 11.1 Å². The van der Waals surface area contributed by atoms with Gasteiger partial charge in [-0.1, -0.05) is 52.4 Å². The molecule has 1 aromatic heterocycles. The number of benzene rings is 1. The van der Waals surface area contributed by atoms with Crippen molar-refractivity contribution in [3.63, 3.8) is 0 Å². The first-order valence-electron chi connectivity index (χ1n) is 13.0. The number of unbranched alkanes of at least 4 members (excludes halogenated alkanes) is 5. The molecule has 1 saturated carbocycles. The van der Waals surface area contributed by atoms with E-state index in [-0.39, 0.29) is 22.8 Å². The van der Waals surface area contributed by atoms with Crippen molar-refractivity contribution >= 4 is 5.78 Å². The Morgan fingerprint density at radius 3 is 2.18 bits per heavy atom. The molecule has 2 aromatic rings. The third-order valence-electron chi connectivity index (χ3n) is 7.57. The van der Waals surface area contributed by atoms with Crippen molar-refractivity contribution in [1.29, 1.82) is 0 Å². The molecule has 3 aliphatic carbocycles. The topological polar surface area (TPSA) is 83.3 Å². The number of nitrogens with zero attached hydrogens (tertiary/aromatic N) is 2. The average Bonchev–Trinajstić information content (AvgIpc) is 3.65. The van der Waals surface area contributed by atoms with Gasteiger partial charge in [-0.2, -0.15) is 0 Å². The zero-order valence-corrected chi connectivity index (χ0v) is 20.2. The van der Waals surface area contributed by atoms with E-state index in [1.54, 1.807) is 0 Å². The second-order valence-corrected chi connectivity index (χ2v) is 9.96. The third kappa shape index (κ3) is 5.07. The van der Waals surface area contributed by atoms with E-state index in [0.717, 1.165) is 43.1 Å². The Morgan fingerprint density at radius 1 is 0.879 bits per heavy atom. The molecule has 5 nitrogen and oxygen atoms in total. The molecule has 1 fully saturated rings. The van der Waals surface area contributed by atoms with Gasteiger partial charge in [0, 0.05) is 12.4 Å². The molecular weight excluding hydrogens is 412 g/mol. The number of phenols is 2. The normalized spacial score (nSPS) is 15.5. The molecule has 0 aliphatic heterocycles. The maximum Gasteiger partial charge on any atom is 0.204 e. The Labute approximate surface area is 197 Å². The van der Waals surface area contributed by atoms with E-state index >= 15 is 0 Å². The highest BCUT2D eigenvalue weighted by atomic mass is 16.3. The standard InChI is InChI=1S/C28H38N2O3/c1-3-5-6-7-8-9-11-18-16-29-28(30-17-18)23-21(13-10-12-19(4-2)20-14-15-20)22-25(31)24(26(22)32)27(23)33/h16-17,19-20,31,33H,3-15H2,1-2H3. The van der Waals surface area contributed by atoms with E-state index in [9.17, 15) is 15.0 Å². The minimum Gasteiger partial charge on any atom is -0.506 e. The maximum absolute atomic E-state index is 12.5. The van der Waals surface area contributed by atoms with Crippen LogP contribution in [-0.2, 0) is 12.8 Å². The quantitative estimate of drug-likeness (QED) is 0.265. The molecule has 1 unspecified atom stereocenters. The SMILES string of the molecule is CCCCCCCCc1cnc(-c2c(O)c3c(O)c(c2CCCC(CC)C2CC2)C3=O)nc1. The summed E-state index contributed by atoms with van der Waals surface area (Å²) in [6.45, 7) is 4.48. The molecule has 0 spiro atoms. The number of hydrogen-bond donors (Lipinski definition) is 2. The highest BCUT2D eigenvalue weighted by molar-refractivity contribution is 6.25. The number of phenolic OH excluding ortho intramolecular Hbond substituents is 2. The average molecular weight is 451 g/mol. The summed E-state index contributed by atoms with van der Waals surface area (Å²) < 4.78 is 0. The Bertz CT molecular complexity index is 980. The van der Waals surface area contributed by atoms with Crippen LogP contribution < -0.4 is 0 Å². The number of aromatic hydroxyl groups is 2. The van der Waals surface area contributed by atoms with Crippen molar-refractivity contribution in [3.05, 3.63) is 34.6 Å². The second kappa shape index (κ2) is 10.7. The number of carbonyl (C=O) groups excluding carboxylic acids is 1. The van der Waals surface area contributed by atoms with Gasteiger partial charge < -0.3 is 10.2 Å². The van der Waals surface area contributed by atoms with Gasteiger partial charge >= 0.3 is 0 Å². The highest BCUT2D eigenvalue weighted by Crippen LogP contribution is 2.51. The van der Waals surface area contributed by atoms with Gasteiger partial charge in [-0.15, -0.1) is 0 Å². The van der Waals surface area contributed by atoms with Crippen molar-refractivity contribution in [3.8, 4) is 22.9 Å². The van der Waals surface area contributed by atoms with Crippen LogP contribution in [0.2, 0.25) is 0 Å². The van der Waals surface area contributed by atoms with Crippen LogP contribution in [0.1, 0.15) is 112 Å². The number of aryl methyl sites for hydroxylation is 1. The lowest BCUT2D eigenvalue weighted by molar-refractivity contribution is 0.100. The van der Waals surface area contributed by atoms with Gasteiger partial charge in [0.25, 0.3) is 0 Å². The molecule has 5 heteroatoms. The predicted octanol–water partition coefficient (Wildman–Crippen LogP) is 6.76. The van der Waals surface area contributed by atoms with Crippen LogP contribution in [0, 0.1) is 11.8 Å². The highest BCUT2D eigenvalue weighted by Gasteiger charge is 2.40. The van der Waals surface area contributed by atoms with E-state index in [0.29, 0.717) is 28.9 Å². The Kier molecular flexibility index (Phi) is 7.67. The number of hydrogen-bond acceptors (Lipinski definition) is 5. The molecule has 5 rings (SSSR count). The molecule has 1 heterocycles. The summed E-state index contributed by atoms with van der Waals surface area (Å²) in [5, 5.41) is 21.2. The van der Waals surface area contributed by atoms with Gasteiger partial charge in [-0.05, 0) is 67.9 Å². The number of rotatable bonds is 14. The molecule has 2 bridgehead atoms. The predicted molar refractivity (Wildman–Crippen MR) is 131 cm³/mol. The summed E-state index contributed by atoms with van der Waals surface area (Å²) in [6, 6.07) is 0. The Balaban J connectivity index is 1.46. The Morgan fingerprint density at radius 2 is 1.55 bits per heavy atom. The van der Waals surface area contributed by atoms with Crippen molar-refractivity contribution in [2.45, 2.75) is 97.3 Å². The van der Waals surface area contributed by atoms with Crippen LogP contribution in [0.25, 0.3) is 11.4 Å². The minimum absolute atomic E-state index is 0.0212. The van der Waals surface area contributed by atoms with Crippen LogP contribution >= 0.6 is 0 Å². The summed E-state index contributed by atoms with van der Waals surface area (Å²) in [5.41, 5.74) is 2.71. The zero-order valence-electron chi connectivity index (χ0n) is 20.2. The second-order valence-electron chi connectivity index (χ2n) is 9.96. The van der Waals surface area contributed by atoms with Crippen LogP contribution in [-0.4, -0.2) is 26.0 Å². The van der Waals surface area contributed by atoms with Crippen molar-refractivity contribution < 1.29 is 15.0 Å². The van der Waals surface area contributed by atoms with Crippen LogP contribution in [0.4, 0.5) is 0 Å². The third-order valence-corrected chi connectivity index (χ3v) is 7.57. The smallest absolute Gasteiger partial charge is 0.204 e. The Hall–Kier alpha value is -2.43. The summed E-state index contributed by atoms with van der Waals surface area (Å²) in [6.07, 6.45) is 18.7. The molecule has 0 saturated heterocycles. The van der Waals surface area contributed by atoms with Crippen LogP contribution in [0.15, 0.2) is 12.4 Å². The van der Waals surface area contributed by atoms with Gasteiger partial charge in [-0.25, -0.2) is 9.97 Å². The summed E-state index contributed by atoms with van der Waals surface area (Å²) in [4.78, 5) is 21.6. The fourth-order valence-electron chi connectivity index (χ4n) is 5.39. The number of fused-ring (bicyclic) bond motifs is 2. The number of aromatic nitrogens is 2. The van der Waals surface area contributed by atoms with E-state index < -0.39 is 0 Å². The zero-order chi connectivity index (χ0) is 23.4. The summed E-state index contributed by atoms with van der Waals surface area (Å²) in [5.74, 6) is 1.55. The lowest BCUT2D eigenvalue weighted by Crippen LogP contribution is -2.20. The van der Waals surface area contributed by atoms with Crippen LogP contribution in [0.5, 0.6) is 11.5 Å². The molecule has 178 valence electrons. The molecule has 2 N–H and O–H groups in total. The van der Waals surface area contributed by atoms with Gasteiger partial charge in [0.15, 0.2) is 5.82 Å². The molecule has 33 heavy (non-hydrogen) atoms. The molecule has 0 radical (unpaired) electrons. The monoisotopic (exact) mass is 450 g/mol. The lowest BCUT2D eigenvalue weighted by atomic mass is 9.78. The fraction of sp³-hybridized carbons (Fsp3) is 0.607. The van der Waals surface area contributed by atoms with Crippen molar-refractivity contribution in [2.75, 3.05) is 0 Å². The molecular formula is C28H38N2O3. The molecule has 0 amide bonds. The number of carbonyl (C=O) groups is 1. The van der Waals surface area contributed by atoms with Crippen LogP contribution in [0.3, 0.4) is 0 Å². The first-order chi connectivity index (χ1) is 16.1. The van der Waals surface area contributed by atoms with E-state index in [1.165, 1.54) is 51.4 Å². The van der Waals surface area contributed by atoms with Gasteiger partial charge in [0.1, 0.15) is 17.1 Å². The summed E-state index contributed by atoms with van der Waals surface area (Å²) >= 11 is 0. The first kappa shape index (κ1) is 23.7. The van der Waals surface area contributed by atoms with E-state index in [4.69, 9.17) is 0 Å².